The molecule has 1 aromatic rings. The summed E-state index contributed by atoms with van der Waals surface area (Å²) >= 11 is 0. The zero-order chi connectivity index (χ0) is 12.1. The molecule has 0 aromatic heterocycles. The van der Waals surface area contributed by atoms with Gasteiger partial charge in [-0.25, -0.2) is 0 Å². The van der Waals surface area contributed by atoms with Crippen LogP contribution in [0.2, 0.25) is 0 Å². The van der Waals surface area contributed by atoms with Gasteiger partial charge in [0.25, 0.3) is 0 Å². The van der Waals surface area contributed by atoms with Crippen LogP contribution in [0.4, 0.5) is 0 Å². The van der Waals surface area contributed by atoms with E-state index in [0.717, 1.165) is 5.75 Å². The predicted octanol–water partition coefficient (Wildman–Crippen LogP) is 3.63. The second-order valence-corrected chi connectivity index (χ2v) is 4.82. The Morgan fingerprint density at radius 2 is 2.00 bits per heavy atom. The van der Waals surface area contributed by atoms with Crippen LogP contribution < -0.4 is 4.74 Å². The van der Waals surface area contributed by atoms with E-state index in [-0.39, 0.29) is 0 Å². The van der Waals surface area contributed by atoms with Crippen LogP contribution in [-0.4, -0.2) is 25.1 Å². The van der Waals surface area contributed by atoms with E-state index < -0.39 is 0 Å². The Kier molecular flexibility index (Phi) is 4.43. The van der Waals surface area contributed by atoms with Gasteiger partial charge in [-0.15, -0.1) is 0 Å². The van der Waals surface area contributed by atoms with Crippen LogP contribution in [0, 0.1) is 0 Å². The smallest absolute Gasteiger partial charge is 0.118 e. The lowest BCUT2D eigenvalue weighted by Crippen LogP contribution is -2.33. The van der Waals surface area contributed by atoms with Gasteiger partial charge in [0.05, 0.1) is 7.11 Å². The highest BCUT2D eigenvalue weighted by molar-refractivity contribution is 5.29. The SMILES string of the molecule is CCCN1CCCC[C@H]1c1ccc(OC)cc1. The van der Waals surface area contributed by atoms with E-state index in [4.69, 9.17) is 4.74 Å². The van der Waals surface area contributed by atoms with Crippen molar-refractivity contribution in [2.45, 2.75) is 38.6 Å². The minimum Gasteiger partial charge on any atom is -0.497 e. The molecule has 1 aliphatic rings. The molecule has 1 atom stereocenters. The Balaban J connectivity index is 2.11. The highest BCUT2D eigenvalue weighted by atomic mass is 16.5. The normalized spacial score (nSPS) is 21.4. The van der Waals surface area contributed by atoms with E-state index in [0.29, 0.717) is 6.04 Å². The summed E-state index contributed by atoms with van der Waals surface area (Å²) in [4.78, 5) is 2.63. The Morgan fingerprint density at radius 1 is 1.24 bits per heavy atom. The number of nitrogens with zero attached hydrogens (tertiary/aromatic N) is 1. The summed E-state index contributed by atoms with van der Waals surface area (Å²) in [5, 5.41) is 0. The van der Waals surface area contributed by atoms with Crippen LogP contribution in [0.1, 0.15) is 44.2 Å². The van der Waals surface area contributed by atoms with Crippen molar-refractivity contribution in [2.75, 3.05) is 20.2 Å². The van der Waals surface area contributed by atoms with Gasteiger partial charge >= 0.3 is 0 Å². The average molecular weight is 233 g/mol. The Hall–Kier alpha value is -1.02. The van der Waals surface area contributed by atoms with Crippen LogP contribution in [0.25, 0.3) is 0 Å². The van der Waals surface area contributed by atoms with Gasteiger partial charge in [-0.1, -0.05) is 25.5 Å². The van der Waals surface area contributed by atoms with Crippen molar-refractivity contribution in [1.82, 2.24) is 4.90 Å². The molecular formula is C15H23NO. The molecule has 0 amide bonds. The molecule has 0 unspecified atom stereocenters. The van der Waals surface area contributed by atoms with Crippen LogP contribution in [0.3, 0.4) is 0 Å². The Morgan fingerprint density at radius 3 is 2.65 bits per heavy atom. The van der Waals surface area contributed by atoms with Gasteiger partial charge in [0.15, 0.2) is 0 Å². The highest BCUT2D eigenvalue weighted by Crippen LogP contribution is 2.31. The van der Waals surface area contributed by atoms with Crippen molar-refractivity contribution >= 4 is 0 Å². The lowest BCUT2D eigenvalue weighted by atomic mass is 9.95. The molecule has 1 saturated heterocycles. The van der Waals surface area contributed by atoms with Crippen molar-refractivity contribution in [3.63, 3.8) is 0 Å². The van der Waals surface area contributed by atoms with Gasteiger partial charge in [0.2, 0.25) is 0 Å². The van der Waals surface area contributed by atoms with Crippen LogP contribution in [-0.2, 0) is 0 Å². The van der Waals surface area contributed by atoms with Crippen LogP contribution >= 0.6 is 0 Å². The maximum atomic E-state index is 5.22. The van der Waals surface area contributed by atoms with Gasteiger partial charge in [0.1, 0.15) is 5.75 Å². The van der Waals surface area contributed by atoms with E-state index in [1.807, 2.05) is 0 Å². The topological polar surface area (TPSA) is 12.5 Å². The number of rotatable bonds is 4. The lowest BCUT2D eigenvalue weighted by Gasteiger charge is -2.35. The molecule has 94 valence electrons. The van der Waals surface area contributed by atoms with E-state index >= 15 is 0 Å². The van der Waals surface area contributed by atoms with Crippen molar-refractivity contribution in [3.8, 4) is 5.75 Å². The van der Waals surface area contributed by atoms with Crippen molar-refractivity contribution < 1.29 is 4.74 Å². The number of benzene rings is 1. The lowest BCUT2D eigenvalue weighted by molar-refractivity contribution is 0.149. The van der Waals surface area contributed by atoms with E-state index in [2.05, 4.69) is 36.1 Å². The Labute approximate surface area is 105 Å². The highest BCUT2D eigenvalue weighted by Gasteiger charge is 2.22. The molecular weight excluding hydrogens is 210 g/mol. The molecule has 0 aliphatic carbocycles. The fourth-order valence-corrected chi connectivity index (χ4v) is 2.75. The predicted molar refractivity (Wildman–Crippen MR) is 71.5 cm³/mol. The second-order valence-electron chi connectivity index (χ2n) is 4.82. The molecule has 1 fully saturated rings. The quantitative estimate of drug-likeness (QED) is 0.787. The fraction of sp³-hybridized carbons (Fsp3) is 0.600. The molecule has 0 radical (unpaired) electrons. The molecule has 0 N–H and O–H groups in total. The maximum absolute atomic E-state index is 5.22. The van der Waals surface area contributed by atoms with Gasteiger partial charge in [-0.3, -0.25) is 4.90 Å². The maximum Gasteiger partial charge on any atom is 0.118 e. The van der Waals surface area contributed by atoms with E-state index in [1.165, 1.54) is 44.3 Å². The first-order valence-electron chi connectivity index (χ1n) is 6.73. The molecule has 0 bridgehead atoms. The van der Waals surface area contributed by atoms with Crippen molar-refractivity contribution in [2.24, 2.45) is 0 Å². The number of likely N-dealkylation sites (tertiary alicyclic amines) is 1. The fourth-order valence-electron chi connectivity index (χ4n) is 2.75. The molecule has 0 saturated carbocycles. The summed E-state index contributed by atoms with van der Waals surface area (Å²) in [5.41, 5.74) is 1.44. The number of piperidine rings is 1. The Bertz CT molecular complexity index is 331. The first-order chi connectivity index (χ1) is 8.35. The van der Waals surface area contributed by atoms with Crippen molar-refractivity contribution in [3.05, 3.63) is 29.8 Å². The summed E-state index contributed by atoms with van der Waals surface area (Å²) in [6, 6.07) is 9.21. The molecule has 2 nitrogen and oxygen atoms in total. The van der Waals surface area contributed by atoms with E-state index in [9.17, 15) is 0 Å². The minimum absolute atomic E-state index is 0.620. The van der Waals surface area contributed by atoms with Gasteiger partial charge in [-0.05, 0) is 50.0 Å². The first kappa shape index (κ1) is 12.4. The molecule has 2 heteroatoms. The zero-order valence-electron chi connectivity index (χ0n) is 11.0. The standard InChI is InChI=1S/C15H23NO/c1-3-11-16-12-5-4-6-15(16)13-7-9-14(17-2)10-8-13/h7-10,15H,3-6,11-12H2,1-2H3/t15-/m0/s1. The summed E-state index contributed by atoms with van der Waals surface area (Å²) in [5.74, 6) is 0.951. The van der Waals surface area contributed by atoms with Crippen LogP contribution in [0.15, 0.2) is 24.3 Å². The minimum atomic E-state index is 0.620. The molecule has 1 heterocycles. The third-order valence-corrected chi connectivity index (χ3v) is 3.63. The summed E-state index contributed by atoms with van der Waals surface area (Å²) in [6.45, 7) is 4.74. The zero-order valence-corrected chi connectivity index (χ0v) is 11.0. The average Bonchev–Trinajstić information content (AvgIpc) is 2.40. The first-order valence-corrected chi connectivity index (χ1v) is 6.73. The molecule has 17 heavy (non-hydrogen) atoms. The number of methoxy groups -OCH3 is 1. The molecule has 1 aromatic carbocycles. The largest absolute Gasteiger partial charge is 0.497 e. The summed E-state index contributed by atoms with van der Waals surface area (Å²) in [6.07, 6.45) is 5.25. The van der Waals surface area contributed by atoms with Gasteiger partial charge in [-0.2, -0.15) is 0 Å². The molecule has 0 spiro atoms. The third kappa shape index (κ3) is 3.01. The second kappa shape index (κ2) is 6.06. The van der Waals surface area contributed by atoms with Gasteiger partial charge < -0.3 is 4.74 Å². The monoisotopic (exact) mass is 233 g/mol. The summed E-state index contributed by atoms with van der Waals surface area (Å²) < 4.78 is 5.22. The molecule has 2 rings (SSSR count). The summed E-state index contributed by atoms with van der Waals surface area (Å²) in [7, 11) is 1.72. The van der Waals surface area contributed by atoms with Crippen molar-refractivity contribution in [1.29, 1.82) is 0 Å². The number of ether oxygens (including phenoxy) is 1. The van der Waals surface area contributed by atoms with E-state index in [1.54, 1.807) is 7.11 Å². The third-order valence-electron chi connectivity index (χ3n) is 3.63. The number of hydrogen-bond donors (Lipinski definition) is 0. The van der Waals surface area contributed by atoms with Crippen LogP contribution in [0.5, 0.6) is 5.75 Å². The molecule has 1 aliphatic heterocycles. The number of hydrogen-bond acceptors (Lipinski definition) is 2. The van der Waals surface area contributed by atoms with Gasteiger partial charge in [0, 0.05) is 6.04 Å².